The Morgan fingerprint density at radius 1 is 0.508 bits per heavy atom. The first-order valence-corrected chi connectivity index (χ1v) is 23.9. The van der Waals surface area contributed by atoms with E-state index in [1.54, 1.807) is 0 Å². The van der Waals surface area contributed by atoms with E-state index in [-0.39, 0.29) is 17.7 Å². The molecular weight excluding hydrogens is 756 g/mol. The molecule has 0 radical (unpaired) electrons. The summed E-state index contributed by atoms with van der Waals surface area (Å²) in [6.07, 6.45) is 0. The molecule has 4 aliphatic rings. The van der Waals surface area contributed by atoms with Gasteiger partial charge in [-0.15, -0.1) is 0 Å². The van der Waals surface area contributed by atoms with Gasteiger partial charge in [0.05, 0.1) is 11.0 Å². The van der Waals surface area contributed by atoms with Crippen LogP contribution in [0.1, 0.15) is 52.7 Å². The second-order valence-corrected chi connectivity index (χ2v) is 23.7. The number of fused-ring (bicyclic) bond motifs is 20. The fraction of sp³-hybridized carbons (Fsp3) is 0.143. The molecule has 0 atom stereocenters. The van der Waals surface area contributed by atoms with Crippen LogP contribution in [-0.2, 0) is 10.8 Å². The molecular formula is C56H43BN2OSi. The number of nitrogens with zero attached hydrogens (tertiary/aromatic N) is 2. The van der Waals surface area contributed by atoms with Crippen molar-refractivity contribution in [3.05, 3.63) is 163 Å². The number of benzene rings is 8. The zero-order valence-corrected chi connectivity index (χ0v) is 36.3. The molecule has 4 aliphatic heterocycles. The van der Waals surface area contributed by atoms with E-state index in [4.69, 9.17) is 4.42 Å². The summed E-state index contributed by atoms with van der Waals surface area (Å²) in [7, 11) is -2.82. The lowest BCUT2D eigenvalue weighted by molar-refractivity contribution is 0.590. The SMILES string of the molecule is CC(C)(C)c1ccc2c(c1)c1cc(C(C)(C)C)cc3c1n2-c1cc2oc4ccccc4c2c2c1B3N1c3ccccc3[Si]3(c4ccccc4-c4ccccc43)c3cccc-2c31. The predicted octanol–water partition coefficient (Wildman–Crippen LogP) is 10.2. The Kier molecular flexibility index (Phi) is 6.18. The van der Waals surface area contributed by atoms with Gasteiger partial charge in [-0.1, -0.05) is 157 Å². The molecule has 3 nitrogen and oxygen atoms in total. The molecule has 0 bridgehead atoms. The minimum atomic E-state index is -2.82. The van der Waals surface area contributed by atoms with E-state index in [0.29, 0.717) is 0 Å². The lowest BCUT2D eigenvalue weighted by Crippen LogP contribution is -2.78. The molecule has 61 heavy (non-hydrogen) atoms. The minimum Gasteiger partial charge on any atom is -0.456 e. The Morgan fingerprint density at radius 3 is 1.90 bits per heavy atom. The Bertz CT molecular complexity index is 3600. The third-order valence-corrected chi connectivity index (χ3v) is 19.8. The molecule has 2 aromatic heterocycles. The molecule has 0 aliphatic carbocycles. The van der Waals surface area contributed by atoms with Gasteiger partial charge in [0.15, 0.2) is 8.07 Å². The minimum absolute atomic E-state index is 0.0110. The molecule has 1 spiro atoms. The van der Waals surface area contributed by atoms with Gasteiger partial charge in [-0.3, -0.25) is 0 Å². The molecule has 8 aromatic carbocycles. The number of aromatic nitrogens is 1. The van der Waals surface area contributed by atoms with E-state index in [2.05, 4.69) is 203 Å². The predicted molar refractivity (Wildman–Crippen MR) is 261 cm³/mol. The van der Waals surface area contributed by atoms with E-state index in [1.807, 2.05) is 0 Å². The van der Waals surface area contributed by atoms with Crippen molar-refractivity contribution in [2.75, 3.05) is 4.81 Å². The maximum atomic E-state index is 6.96. The van der Waals surface area contributed by atoms with Gasteiger partial charge >= 0.3 is 6.85 Å². The second kappa shape index (κ2) is 11.0. The lowest BCUT2D eigenvalue weighted by Gasteiger charge is -2.50. The van der Waals surface area contributed by atoms with Gasteiger partial charge in [0.25, 0.3) is 0 Å². The van der Waals surface area contributed by atoms with Gasteiger partial charge in [0.1, 0.15) is 11.2 Å². The highest BCUT2D eigenvalue weighted by molar-refractivity contribution is 7.24. The number of para-hydroxylation sites is 3. The molecule has 14 rings (SSSR count). The van der Waals surface area contributed by atoms with Gasteiger partial charge in [0.2, 0.25) is 0 Å². The van der Waals surface area contributed by atoms with Crippen LogP contribution in [0, 0.1) is 0 Å². The van der Waals surface area contributed by atoms with Gasteiger partial charge < -0.3 is 13.8 Å². The van der Waals surface area contributed by atoms with Crippen molar-refractivity contribution in [2.24, 2.45) is 0 Å². The maximum Gasteiger partial charge on any atom is 0.333 e. The highest BCUT2D eigenvalue weighted by Crippen LogP contribution is 2.51. The van der Waals surface area contributed by atoms with E-state index < -0.39 is 8.07 Å². The summed E-state index contributed by atoms with van der Waals surface area (Å²) in [6, 6.07) is 58.8. The standard InChI is InChI=1S/C56H43BN2OSi/c1-55(2,3)32-26-27-41-38(28-32)39-29-33(56(4,5)6)30-40-53(39)58(41)43-31-45-50(36-18-7-11-21-44(36)60-45)51-37-19-15-25-49-54(37)59(57(40)52(43)51)42-20-10-14-24-48(42)61(49)46-22-12-8-16-34(46)35-17-9-13-23-47(35)61/h7-31H,1-6H3. The average Bonchev–Trinajstić information content (AvgIpc) is 3.90. The van der Waals surface area contributed by atoms with E-state index in [9.17, 15) is 0 Å². The zero-order valence-electron chi connectivity index (χ0n) is 35.3. The van der Waals surface area contributed by atoms with Crippen LogP contribution in [0.2, 0.25) is 0 Å². The van der Waals surface area contributed by atoms with Crippen LogP contribution in [0.25, 0.3) is 71.7 Å². The first-order chi connectivity index (χ1) is 29.5. The Balaban J connectivity index is 1.22. The van der Waals surface area contributed by atoms with Crippen molar-refractivity contribution in [2.45, 2.75) is 52.4 Å². The summed E-state index contributed by atoms with van der Waals surface area (Å²) in [4.78, 5) is 2.80. The fourth-order valence-electron chi connectivity index (χ4n) is 12.2. The van der Waals surface area contributed by atoms with Crippen molar-refractivity contribution >= 4 is 102 Å². The summed E-state index contributed by atoms with van der Waals surface area (Å²) in [5.41, 5.74) is 19.1. The maximum absolute atomic E-state index is 6.96. The van der Waals surface area contributed by atoms with Crippen LogP contribution >= 0.6 is 0 Å². The van der Waals surface area contributed by atoms with Crippen LogP contribution in [0.5, 0.6) is 0 Å². The van der Waals surface area contributed by atoms with Crippen LogP contribution in [0.3, 0.4) is 0 Å². The van der Waals surface area contributed by atoms with Crippen molar-refractivity contribution in [3.63, 3.8) is 0 Å². The molecule has 0 saturated heterocycles. The van der Waals surface area contributed by atoms with Crippen LogP contribution < -0.4 is 36.5 Å². The number of hydrogen-bond donors (Lipinski definition) is 0. The summed E-state index contributed by atoms with van der Waals surface area (Å²) in [5, 5.41) is 11.0. The van der Waals surface area contributed by atoms with E-state index >= 15 is 0 Å². The van der Waals surface area contributed by atoms with E-state index in [0.717, 1.165) is 11.2 Å². The van der Waals surface area contributed by atoms with E-state index in [1.165, 1.54) is 115 Å². The van der Waals surface area contributed by atoms with Crippen LogP contribution in [-0.4, -0.2) is 19.5 Å². The number of rotatable bonds is 0. The summed E-state index contributed by atoms with van der Waals surface area (Å²) < 4.78 is 9.56. The van der Waals surface area contributed by atoms with Crippen LogP contribution in [0.4, 0.5) is 11.4 Å². The molecule has 6 heterocycles. The normalized spacial score (nSPS) is 15.1. The average molecular weight is 799 g/mol. The second-order valence-electron chi connectivity index (χ2n) is 20.0. The van der Waals surface area contributed by atoms with Gasteiger partial charge in [0, 0.05) is 50.2 Å². The molecule has 5 heteroatoms. The molecule has 0 unspecified atom stereocenters. The Hall–Kier alpha value is -6.56. The number of furan rings is 1. The third-order valence-electron chi connectivity index (χ3n) is 14.8. The largest absolute Gasteiger partial charge is 0.456 e. The smallest absolute Gasteiger partial charge is 0.333 e. The first-order valence-electron chi connectivity index (χ1n) is 21.9. The van der Waals surface area contributed by atoms with Crippen molar-refractivity contribution < 1.29 is 4.42 Å². The summed E-state index contributed by atoms with van der Waals surface area (Å²) in [5.74, 6) is 0. The quantitative estimate of drug-likeness (QED) is 0.143. The highest BCUT2D eigenvalue weighted by Gasteiger charge is 2.57. The summed E-state index contributed by atoms with van der Waals surface area (Å²) in [6.45, 7) is 14.0. The zero-order chi connectivity index (χ0) is 40.9. The topological polar surface area (TPSA) is 21.3 Å². The molecule has 0 amide bonds. The number of hydrogen-bond acceptors (Lipinski definition) is 2. The lowest BCUT2D eigenvalue weighted by atomic mass is 9.43. The molecule has 290 valence electrons. The fourth-order valence-corrected chi connectivity index (χ4v) is 17.8. The molecule has 0 saturated carbocycles. The molecule has 0 fully saturated rings. The third kappa shape index (κ3) is 3.98. The van der Waals surface area contributed by atoms with Gasteiger partial charge in [-0.25, -0.2) is 0 Å². The molecule has 0 N–H and O–H groups in total. The van der Waals surface area contributed by atoms with Crippen molar-refractivity contribution in [1.29, 1.82) is 0 Å². The van der Waals surface area contributed by atoms with Gasteiger partial charge in [-0.2, -0.15) is 0 Å². The summed E-state index contributed by atoms with van der Waals surface area (Å²) >= 11 is 0. The number of anilines is 2. The van der Waals surface area contributed by atoms with Crippen molar-refractivity contribution in [1.82, 2.24) is 4.57 Å². The highest BCUT2D eigenvalue weighted by atomic mass is 28.3. The Labute approximate surface area is 357 Å². The van der Waals surface area contributed by atoms with Crippen molar-refractivity contribution in [3.8, 4) is 27.9 Å². The molecule has 10 aromatic rings. The van der Waals surface area contributed by atoms with Gasteiger partial charge in [-0.05, 0) is 101 Å². The van der Waals surface area contributed by atoms with Crippen LogP contribution in [0.15, 0.2) is 156 Å². The Morgan fingerprint density at radius 2 is 1.15 bits per heavy atom. The monoisotopic (exact) mass is 798 g/mol. The first kappa shape index (κ1) is 34.2.